The van der Waals surface area contributed by atoms with Crippen LogP contribution in [0.25, 0.3) is 5.82 Å². The van der Waals surface area contributed by atoms with Gasteiger partial charge in [-0.15, -0.1) is 0 Å². The van der Waals surface area contributed by atoms with Crippen LogP contribution in [0.1, 0.15) is 11.3 Å². The van der Waals surface area contributed by atoms with Crippen LogP contribution in [0.5, 0.6) is 0 Å². The van der Waals surface area contributed by atoms with Gasteiger partial charge in [-0.3, -0.25) is 4.79 Å². The van der Waals surface area contributed by atoms with Crippen molar-refractivity contribution in [3.8, 4) is 5.82 Å². The molecule has 3 N–H and O–H groups in total. The standard InChI is InChI=1S/C20H23N7O3/c1-15-7-10-27(26-15)18-11-17(24-14-25-18)21-8-9-22-19(28)12-23-20(29)30-13-16-5-3-2-4-6-16/h2-7,10-11,14H,8-9,12-13H2,1H3,(H,22,28)(H,23,29)(H,21,24,25). The molecule has 10 heteroatoms. The summed E-state index contributed by atoms with van der Waals surface area (Å²) >= 11 is 0. The Labute approximate surface area is 173 Å². The first kappa shape index (κ1) is 20.8. The van der Waals surface area contributed by atoms with E-state index < -0.39 is 6.09 Å². The monoisotopic (exact) mass is 409 g/mol. The molecule has 0 bridgehead atoms. The molecule has 0 saturated carbocycles. The Hall–Kier alpha value is -3.95. The molecule has 0 radical (unpaired) electrons. The Bertz CT molecular complexity index is 975. The fourth-order valence-corrected chi connectivity index (χ4v) is 2.49. The van der Waals surface area contributed by atoms with Crippen LogP contribution in [-0.2, 0) is 16.1 Å². The number of nitrogens with zero attached hydrogens (tertiary/aromatic N) is 4. The zero-order valence-electron chi connectivity index (χ0n) is 16.5. The molecule has 2 aromatic heterocycles. The van der Waals surface area contributed by atoms with Crippen molar-refractivity contribution in [1.29, 1.82) is 0 Å². The van der Waals surface area contributed by atoms with Gasteiger partial charge in [-0.25, -0.2) is 19.4 Å². The van der Waals surface area contributed by atoms with Crippen molar-refractivity contribution < 1.29 is 14.3 Å². The second-order valence-electron chi connectivity index (χ2n) is 6.36. The summed E-state index contributed by atoms with van der Waals surface area (Å²) in [6.45, 7) is 2.71. The number of anilines is 1. The summed E-state index contributed by atoms with van der Waals surface area (Å²) in [5.41, 5.74) is 1.77. The molecule has 30 heavy (non-hydrogen) atoms. The second-order valence-corrected chi connectivity index (χ2v) is 6.36. The number of amides is 2. The molecule has 156 valence electrons. The molecule has 0 fully saturated rings. The summed E-state index contributed by atoms with van der Waals surface area (Å²) in [5, 5.41) is 12.5. The van der Waals surface area contributed by atoms with Gasteiger partial charge in [0.25, 0.3) is 0 Å². The van der Waals surface area contributed by atoms with Crippen molar-refractivity contribution in [3.05, 3.63) is 66.2 Å². The van der Waals surface area contributed by atoms with E-state index >= 15 is 0 Å². The maximum absolute atomic E-state index is 11.8. The summed E-state index contributed by atoms with van der Waals surface area (Å²) in [6.07, 6.45) is 2.62. The maximum atomic E-state index is 11.8. The predicted molar refractivity (Wildman–Crippen MR) is 110 cm³/mol. The Balaban J connectivity index is 1.31. The second kappa shape index (κ2) is 10.6. The lowest BCUT2D eigenvalue weighted by molar-refractivity contribution is -0.120. The van der Waals surface area contributed by atoms with Gasteiger partial charge in [0.1, 0.15) is 18.8 Å². The van der Waals surface area contributed by atoms with Crippen LogP contribution in [0.3, 0.4) is 0 Å². The Morgan fingerprint density at radius 2 is 1.90 bits per heavy atom. The summed E-state index contributed by atoms with van der Waals surface area (Å²) in [6, 6.07) is 13.0. The number of alkyl carbamates (subject to hydrolysis) is 1. The molecule has 0 aliphatic rings. The average molecular weight is 409 g/mol. The quantitative estimate of drug-likeness (QED) is 0.457. The minimum Gasteiger partial charge on any atom is -0.445 e. The molecule has 0 atom stereocenters. The number of aromatic nitrogens is 4. The van der Waals surface area contributed by atoms with Crippen LogP contribution in [-0.4, -0.2) is 51.4 Å². The zero-order valence-corrected chi connectivity index (χ0v) is 16.5. The highest BCUT2D eigenvalue weighted by atomic mass is 16.5. The Kier molecular flexibility index (Phi) is 7.31. The topological polar surface area (TPSA) is 123 Å². The number of carbonyl (C=O) groups excluding carboxylic acids is 2. The highest BCUT2D eigenvalue weighted by Crippen LogP contribution is 2.08. The van der Waals surface area contributed by atoms with Gasteiger partial charge in [-0.05, 0) is 18.6 Å². The van der Waals surface area contributed by atoms with Crippen LogP contribution >= 0.6 is 0 Å². The summed E-state index contributed by atoms with van der Waals surface area (Å²) < 4.78 is 6.71. The zero-order chi connectivity index (χ0) is 21.2. The third kappa shape index (κ3) is 6.59. The van der Waals surface area contributed by atoms with E-state index in [-0.39, 0.29) is 19.1 Å². The summed E-state index contributed by atoms with van der Waals surface area (Å²) in [5.74, 6) is 0.941. The third-order valence-electron chi connectivity index (χ3n) is 3.97. The lowest BCUT2D eigenvalue weighted by atomic mass is 10.2. The van der Waals surface area contributed by atoms with Gasteiger partial charge in [0, 0.05) is 25.4 Å². The summed E-state index contributed by atoms with van der Waals surface area (Å²) in [4.78, 5) is 31.8. The number of benzene rings is 1. The van der Waals surface area contributed by atoms with Gasteiger partial charge in [-0.2, -0.15) is 5.10 Å². The molecular weight excluding hydrogens is 386 g/mol. The minimum atomic E-state index is -0.644. The van der Waals surface area contributed by atoms with Gasteiger partial charge in [0.05, 0.1) is 12.2 Å². The number of carbonyl (C=O) groups is 2. The van der Waals surface area contributed by atoms with E-state index in [1.165, 1.54) is 6.33 Å². The molecule has 0 unspecified atom stereocenters. The predicted octanol–water partition coefficient (Wildman–Crippen LogP) is 1.43. The van der Waals surface area contributed by atoms with Gasteiger partial charge < -0.3 is 20.7 Å². The molecule has 0 saturated heterocycles. The number of rotatable bonds is 9. The molecule has 3 rings (SSSR count). The van der Waals surface area contributed by atoms with Crippen LogP contribution < -0.4 is 16.0 Å². The molecule has 0 spiro atoms. The minimum absolute atomic E-state index is 0.150. The molecule has 0 aliphatic heterocycles. The lowest BCUT2D eigenvalue weighted by Crippen LogP contribution is -2.38. The van der Waals surface area contributed by atoms with E-state index in [0.29, 0.717) is 24.7 Å². The first-order chi connectivity index (χ1) is 14.6. The van der Waals surface area contributed by atoms with Crippen molar-refractivity contribution in [2.45, 2.75) is 13.5 Å². The molecule has 2 heterocycles. The van der Waals surface area contributed by atoms with Crippen molar-refractivity contribution in [2.75, 3.05) is 25.0 Å². The average Bonchev–Trinajstić information content (AvgIpc) is 3.21. The number of hydrogen-bond donors (Lipinski definition) is 3. The van der Waals surface area contributed by atoms with Gasteiger partial charge in [0.15, 0.2) is 5.82 Å². The smallest absolute Gasteiger partial charge is 0.407 e. The van der Waals surface area contributed by atoms with Crippen LogP contribution in [0.2, 0.25) is 0 Å². The van der Waals surface area contributed by atoms with Crippen molar-refractivity contribution >= 4 is 17.8 Å². The van der Waals surface area contributed by atoms with E-state index in [4.69, 9.17) is 4.74 Å². The SMILES string of the molecule is Cc1ccn(-c2cc(NCCNC(=O)CNC(=O)OCc3ccccc3)ncn2)n1. The Morgan fingerprint density at radius 3 is 2.67 bits per heavy atom. The van der Waals surface area contributed by atoms with E-state index in [2.05, 4.69) is 31.0 Å². The lowest BCUT2D eigenvalue weighted by Gasteiger charge is -2.09. The van der Waals surface area contributed by atoms with Crippen LogP contribution in [0, 0.1) is 6.92 Å². The van der Waals surface area contributed by atoms with E-state index in [1.807, 2.05) is 49.5 Å². The number of hydrogen-bond acceptors (Lipinski definition) is 7. The maximum Gasteiger partial charge on any atom is 0.407 e. The number of nitrogens with one attached hydrogen (secondary N) is 3. The Morgan fingerprint density at radius 1 is 1.07 bits per heavy atom. The third-order valence-corrected chi connectivity index (χ3v) is 3.97. The molecule has 10 nitrogen and oxygen atoms in total. The molecule has 0 aliphatic carbocycles. The number of ether oxygens (including phenoxy) is 1. The highest BCUT2D eigenvalue weighted by Gasteiger charge is 2.07. The largest absolute Gasteiger partial charge is 0.445 e. The molecular formula is C20H23N7O3. The summed E-state index contributed by atoms with van der Waals surface area (Å²) in [7, 11) is 0. The first-order valence-electron chi connectivity index (χ1n) is 9.40. The van der Waals surface area contributed by atoms with Crippen LogP contribution in [0.15, 0.2) is 55.0 Å². The first-order valence-corrected chi connectivity index (χ1v) is 9.40. The van der Waals surface area contributed by atoms with Crippen molar-refractivity contribution in [1.82, 2.24) is 30.4 Å². The van der Waals surface area contributed by atoms with Gasteiger partial charge >= 0.3 is 6.09 Å². The van der Waals surface area contributed by atoms with Crippen LogP contribution in [0.4, 0.5) is 10.6 Å². The fourth-order valence-electron chi connectivity index (χ4n) is 2.49. The van der Waals surface area contributed by atoms with Crippen molar-refractivity contribution in [2.24, 2.45) is 0 Å². The molecule has 1 aromatic carbocycles. The van der Waals surface area contributed by atoms with Crippen molar-refractivity contribution in [3.63, 3.8) is 0 Å². The number of aryl methyl sites for hydroxylation is 1. The van der Waals surface area contributed by atoms with E-state index in [0.717, 1.165) is 11.3 Å². The van der Waals surface area contributed by atoms with Gasteiger partial charge in [0.2, 0.25) is 5.91 Å². The van der Waals surface area contributed by atoms with E-state index in [9.17, 15) is 9.59 Å². The molecule has 2 amide bonds. The fraction of sp³-hybridized carbons (Fsp3) is 0.250. The normalized spacial score (nSPS) is 10.3. The highest BCUT2D eigenvalue weighted by molar-refractivity contribution is 5.82. The molecule has 3 aromatic rings. The van der Waals surface area contributed by atoms with E-state index in [1.54, 1.807) is 10.7 Å². The van der Waals surface area contributed by atoms with Gasteiger partial charge in [-0.1, -0.05) is 30.3 Å².